The van der Waals surface area contributed by atoms with E-state index in [1.807, 2.05) is 22.9 Å². The number of amides is 1. The number of thiophene rings is 1. The Morgan fingerprint density at radius 3 is 2.84 bits per heavy atom. The highest BCUT2D eigenvalue weighted by Crippen LogP contribution is 2.29. The third-order valence-electron chi connectivity index (χ3n) is 4.02. The second kappa shape index (κ2) is 7.76. The van der Waals surface area contributed by atoms with Crippen LogP contribution in [0.15, 0.2) is 22.9 Å². The molecular weight excluding hydrogens is 358 g/mol. The van der Waals surface area contributed by atoms with Gasteiger partial charge in [-0.05, 0) is 37.1 Å². The van der Waals surface area contributed by atoms with Crippen LogP contribution in [0.4, 0.5) is 0 Å². The maximum Gasteiger partial charge on any atom is 0.312 e. The molecule has 3 rings (SSSR count). The zero-order chi connectivity index (χ0) is 17.7. The highest BCUT2D eigenvalue weighted by atomic mass is 32.1. The molecule has 1 aliphatic carbocycles. The third-order valence-corrected chi connectivity index (χ3v) is 5.95. The molecule has 0 saturated heterocycles. The molecule has 25 heavy (non-hydrogen) atoms. The molecule has 2 aromatic rings. The maximum atomic E-state index is 11.9. The Morgan fingerprint density at radius 2 is 2.16 bits per heavy atom. The van der Waals surface area contributed by atoms with Gasteiger partial charge in [-0.1, -0.05) is 6.07 Å². The third kappa shape index (κ3) is 4.44. The number of rotatable bonds is 6. The average Bonchev–Trinajstić information content (AvgIpc) is 3.34. The molecule has 0 bridgehead atoms. The van der Waals surface area contributed by atoms with E-state index in [1.165, 1.54) is 11.3 Å². The van der Waals surface area contributed by atoms with E-state index in [9.17, 15) is 14.9 Å². The van der Waals surface area contributed by atoms with Crippen molar-refractivity contribution in [1.29, 1.82) is 5.26 Å². The molecule has 2 aromatic heterocycles. The van der Waals surface area contributed by atoms with Gasteiger partial charge in [0.25, 0.3) is 5.91 Å². The van der Waals surface area contributed by atoms with E-state index in [4.69, 9.17) is 4.74 Å². The van der Waals surface area contributed by atoms with Gasteiger partial charge in [0.05, 0.1) is 23.1 Å². The van der Waals surface area contributed by atoms with Crippen LogP contribution in [0.3, 0.4) is 0 Å². The predicted molar refractivity (Wildman–Crippen MR) is 95.0 cm³/mol. The lowest BCUT2D eigenvalue weighted by molar-refractivity contribution is -0.148. The Morgan fingerprint density at radius 1 is 1.36 bits per heavy atom. The Labute approximate surface area is 153 Å². The molecule has 1 N–H and O–H groups in total. The number of carbonyl (C=O) groups excluding carboxylic acids is 2. The average molecular weight is 375 g/mol. The van der Waals surface area contributed by atoms with Gasteiger partial charge in [-0.2, -0.15) is 5.26 Å². The molecular formula is C17H17N3O3S2. The Kier molecular flexibility index (Phi) is 5.46. The van der Waals surface area contributed by atoms with Crippen molar-refractivity contribution in [1.82, 2.24) is 10.3 Å². The summed E-state index contributed by atoms with van der Waals surface area (Å²) in [5, 5.41) is 16.6. The summed E-state index contributed by atoms with van der Waals surface area (Å²) in [4.78, 5) is 29.3. The van der Waals surface area contributed by atoms with Crippen molar-refractivity contribution in [3.63, 3.8) is 0 Å². The van der Waals surface area contributed by atoms with E-state index in [2.05, 4.69) is 16.4 Å². The lowest BCUT2D eigenvalue weighted by atomic mass is 10.00. The van der Waals surface area contributed by atoms with Gasteiger partial charge in [-0.3, -0.25) is 9.59 Å². The van der Waals surface area contributed by atoms with Gasteiger partial charge in [0.15, 0.2) is 6.61 Å². The molecule has 1 amide bonds. The standard InChI is InChI=1S/C17H17N3O3S2/c18-11-17(5-1-2-6-17)20-14(21)9-23-15(22)8-12-10-25-16(19-12)13-4-3-7-24-13/h3-4,7,10H,1-2,5-6,8-9H2,(H,20,21). The van der Waals surface area contributed by atoms with Gasteiger partial charge in [-0.15, -0.1) is 22.7 Å². The lowest BCUT2D eigenvalue weighted by Crippen LogP contribution is -2.46. The summed E-state index contributed by atoms with van der Waals surface area (Å²) in [7, 11) is 0. The Bertz CT molecular complexity index is 786. The minimum absolute atomic E-state index is 0.0263. The van der Waals surface area contributed by atoms with Crippen LogP contribution in [0.1, 0.15) is 31.4 Å². The number of esters is 1. The zero-order valence-corrected chi connectivity index (χ0v) is 15.1. The fourth-order valence-corrected chi connectivity index (χ4v) is 4.43. The van der Waals surface area contributed by atoms with E-state index < -0.39 is 17.4 Å². The predicted octanol–water partition coefficient (Wildman–Crippen LogP) is 2.91. The number of nitriles is 1. The second-order valence-corrected chi connectivity index (χ2v) is 7.71. The molecule has 0 radical (unpaired) electrons. The quantitative estimate of drug-likeness (QED) is 0.784. The van der Waals surface area contributed by atoms with Crippen LogP contribution in [-0.4, -0.2) is 29.0 Å². The molecule has 1 fully saturated rings. The van der Waals surface area contributed by atoms with Crippen LogP contribution >= 0.6 is 22.7 Å². The topological polar surface area (TPSA) is 92.1 Å². The molecule has 0 aromatic carbocycles. The largest absolute Gasteiger partial charge is 0.455 e. The van der Waals surface area contributed by atoms with Crippen molar-refractivity contribution in [3.05, 3.63) is 28.6 Å². The van der Waals surface area contributed by atoms with Crippen molar-refractivity contribution < 1.29 is 14.3 Å². The van der Waals surface area contributed by atoms with Crippen LogP contribution in [0.25, 0.3) is 9.88 Å². The summed E-state index contributed by atoms with van der Waals surface area (Å²) < 4.78 is 5.01. The maximum absolute atomic E-state index is 11.9. The smallest absolute Gasteiger partial charge is 0.312 e. The van der Waals surface area contributed by atoms with Crippen LogP contribution in [0.2, 0.25) is 0 Å². The van der Waals surface area contributed by atoms with E-state index in [0.29, 0.717) is 18.5 Å². The van der Waals surface area contributed by atoms with Crippen LogP contribution in [-0.2, 0) is 20.7 Å². The zero-order valence-electron chi connectivity index (χ0n) is 13.5. The van der Waals surface area contributed by atoms with Gasteiger partial charge >= 0.3 is 5.97 Å². The Balaban J connectivity index is 1.47. The van der Waals surface area contributed by atoms with Crippen molar-refractivity contribution in [2.75, 3.05) is 6.61 Å². The van der Waals surface area contributed by atoms with Gasteiger partial charge in [-0.25, -0.2) is 4.98 Å². The number of nitrogens with one attached hydrogen (secondary N) is 1. The number of hydrogen-bond donors (Lipinski definition) is 1. The first-order chi connectivity index (χ1) is 12.1. The SMILES string of the molecule is N#CC1(NC(=O)COC(=O)Cc2csc(-c3cccs3)n2)CCCC1. The molecule has 0 atom stereocenters. The summed E-state index contributed by atoms with van der Waals surface area (Å²) in [6.45, 7) is -0.371. The first-order valence-electron chi connectivity index (χ1n) is 7.96. The molecule has 0 unspecified atom stereocenters. The van der Waals surface area contributed by atoms with Crippen LogP contribution in [0, 0.1) is 11.3 Å². The molecule has 1 saturated carbocycles. The fourth-order valence-electron chi connectivity index (χ4n) is 2.79. The molecule has 0 aliphatic heterocycles. The molecule has 1 aliphatic rings. The van der Waals surface area contributed by atoms with Gasteiger partial charge < -0.3 is 10.1 Å². The highest BCUT2D eigenvalue weighted by molar-refractivity contribution is 7.20. The molecule has 2 heterocycles. The van der Waals surface area contributed by atoms with Crippen LogP contribution in [0.5, 0.6) is 0 Å². The number of hydrogen-bond acceptors (Lipinski definition) is 7. The Hall–Kier alpha value is -2.24. The molecule has 8 heteroatoms. The summed E-state index contributed by atoms with van der Waals surface area (Å²) in [6.07, 6.45) is 3.16. The summed E-state index contributed by atoms with van der Waals surface area (Å²) in [5.74, 6) is -0.940. The second-order valence-electron chi connectivity index (χ2n) is 5.91. The monoisotopic (exact) mass is 375 g/mol. The van der Waals surface area contributed by atoms with Crippen molar-refractivity contribution >= 4 is 34.6 Å². The van der Waals surface area contributed by atoms with Gasteiger partial charge in [0, 0.05) is 5.38 Å². The summed E-state index contributed by atoms with van der Waals surface area (Å²) >= 11 is 3.07. The molecule has 130 valence electrons. The number of carbonyl (C=O) groups is 2. The van der Waals surface area contributed by atoms with E-state index >= 15 is 0 Å². The normalized spacial score (nSPS) is 15.5. The van der Waals surface area contributed by atoms with Crippen LogP contribution < -0.4 is 5.32 Å². The number of nitrogens with zero attached hydrogens (tertiary/aromatic N) is 2. The lowest BCUT2D eigenvalue weighted by Gasteiger charge is -2.21. The van der Waals surface area contributed by atoms with Crippen molar-refractivity contribution in [3.8, 4) is 16.0 Å². The minimum Gasteiger partial charge on any atom is -0.455 e. The fraction of sp³-hybridized carbons (Fsp3) is 0.412. The number of aromatic nitrogens is 1. The van der Waals surface area contributed by atoms with Crippen molar-refractivity contribution in [2.24, 2.45) is 0 Å². The first kappa shape index (κ1) is 17.6. The van der Waals surface area contributed by atoms with Gasteiger partial charge in [0.1, 0.15) is 10.5 Å². The van der Waals surface area contributed by atoms with E-state index in [0.717, 1.165) is 22.7 Å². The highest BCUT2D eigenvalue weighted by Gasteiger charge is 2.35. The first-order valence-corrected chi connectivity index (χ1v) is 9.72. The molecule has 6 nitrogen and oxygen atoms in total. The van der Waals surface area contributed by atoms with Gasteiger partial charge in [0.2, 0.25) is 0 Å². The van der Waals surface area contributed by atoms with E-state index in [1.54, 1.807) is 11.3 Å². The number of ether oxygens (including phenoxy) is 1. The van der Waals surface area contributed by atoms with E-state index in [-0.39, 0.29) is 13.0 Å². The minimum atomic E-state index is -0.798. The summed E-state index contributed by atoms with van der Waals surface area (Å²) in [6, 6.07) is 6.10. The summed E-state index contributed by atoms with van der Waals surface area (Å²) in [5.41, 5.74) is -0.170. The van der Waals surface area contributed by atoms with Crippen molar-refractivity contribution in [2.45, 2.75) is 37.6 Å². The number of thiazole rings is 1. The molecule has 0 spiro atoms.